The second kappa shape index (κ2) is 7.90. The second-order valence-electron chi connectivity index (χ2n) is 13.5. The van der Waals surface area contributed by atoms with Gasteiger partial charge < -0.3 is 14.2 Å². The van der Waals surface area contributed by atoms with E-state index in [-0.39, 0.29) is 40.4 Å². The van der Waals surface area contributed by atoms with Crippen molar-refractivity contribution in [3.05, 3.63) is 12.2 Å². The van der Waals surface area contributed by atoms with Crippen molar-refractivity contribution in [3.8, 4) is 0 Å². The van der Waals surface area contributed by atoms with E-state index in [1.807, 2.05) is 6.08 Å². The summed E-state index contributed by atoms with van der Waals surface area (Å²) in [7, 11) is 0. The molecule has 0 radical (unpaired) electrons. The third kappa shape index (κ3) is 3.12. The third-order valence-electron chi connectivity index (χ3n) is 12.4. The second-order valence-corrected chi connectivity index (χ2v) is 13.5. The standard InChI is InChI=1S/C30H44O5/c1-18(31)6-9-26(35-20(3)32)19(2)23-7-8-24-22-17-30(33-14-15-34-30)29-16-21(29)10-13-28(29,5)25(22)11-12-27(23,24)4/h6,9,19,21-26H,7-8,10-17H2,1-5H3/b9-6+/t19-,21+,22-,23+,24-,25-,26-,27+,28+,29+/m0/s1. The zero-order valence-corrected chi connectivity index (χ0v) is 22.3. The van der Waals surface area contributed by atoms with Gasteiger partial charge in [0.2, 0.25) is 0 Å². The Morgan fingerprint density at radius 2 is 1.71 bits per heavy atom. The van der Waals surface area contributed by atoms with E-state index in [1.54, 1.807) is 13.0 Å². The molecule has 6 fully saturated rings. The molecule has 5 saturated carbocycles. The van der Waals surface area contributed by atoms with Crippen LogP contribution in [0.2, 0.25) is 0 Å². The largest absolute Gasteiger partial charge is 0.458 e. The summed E-state index contributed by atoms with van der Waals surface area (Å²) >= 11 is 0. The van der Waals surface area contributed by atoms with Crippen LogP contribution < -0.4 is 0 Å². The molecule has 194 valence electrons. The van der Waals surface area contributed by atoms with Crippen LogP contribution >= 0.6 is 0 Å². The first kappa shape index (κ1) is 24.2. The van der Waals surface area contributed by atoms with Gasteiger partial charge in [-0.2, -0.15) is 0 Å². The number of ketones is 1. The molecule has 1 aliphatic heterocycles. The van der Waals surface area contributed by atoms with Crippen LogP contribution in [0.5, 0.6) is 0 Å². The summed E-state index contributed by atoms with van der Waals surface area (Å²) < 4.78 is 19.0. The quantitative estimate of drug-likeness (QED) is 0.369. The lowest BCUT2D eigenvalue weighted by Gasteiger charge is -2.63. The number of ether oxygens (including phenoxy) is 3. The van der Waals surface area contributed by atoms with Crippen molar-refractivity contribution in [2.75, 3.05) is 13.2 Å². The monoisotopic (exact) mass is 484 g/mol. The first-order valence-corrected chi connectivity index (χ1v) is 14.2. The Kier molecular flexibility index (Phi) is 5.45. The molecule has 1 heterocycles. The Hall–Kier alpha value is -1.20. The van der Waals surface area contributed by atoms with Crippen molar-refractivity contribution in [2.24, 2.45) is 51.8 Å². The molecule has 2 spiro atoms. The molecule has 1 saturated heterocycles. The number of fused-ring (bicyclic) bond motifs is 4. The van der Waals surface area contributed by atoms with Crippen LogP contribution in [0, 0.1) is 51.8 Å². The number of hydrogen-bond donors (Lipinski definition) is 0. The lowest BCUT2D eigenvalue weighted by Crippen LogP contribution is -2.62. The number of rotatable bonds is 5. The highest BCUT2D eigenvalue weighted by atomic mass is 16.7. The normalized spacial score (nSPS) is 48.7. The third-order valence-corrected chi connectivity index (χ3v) is 12.4. The molecular weight excluding hydrogens is 440 g/mol. The van der Waals surface area contributed by atoms with E-state index in [9.17, 15) is 9.59 Å². The fraction of sp³-hybridized carbons (Fsp3) is 0.867. The Morgan fingerprint density at radius 3 is 2.37 bits per heavy atom. The van der Waals surface area contributed by atoms with Crippen molar-refractivity contribution in [3.63, 3.8) is 0 Å². The van der Waals surface area contributed by atoms with Crippen molar-refractivity contribution in [2.45, 2.75) is 97.9 Å². The van der Waals surface area contributed by atoms with Gasteiger partial charge in [0, 0.05) is 24.7 Å². The van der Waals surface area contributed by atoms with Crippen LogP contribution in [0.25, 0.3) is 0 Å². The molecule has 6 aliphatic rings. The highest BCUT2D eigenvalue weighted by Crippen LogP contribution is 2.85. The number of allylic oxidation sites excluding steroid dienone is 1. The van der Waals surface area contributed by atoms with E-state index in [1.165, 1.54) is 45.4 Å². The predicted molar refractivity (Wildman–Crippen MR) is 132 cm³/mol. The maximum absolute atomic E-state index is 11.9. The molecule has 0 aromatic carbocycles. The van der Waals surface area contributed by atoms with E-state index in [4.69, 9.17) is 14.2 Å². The summed E-state index contributed by atoms with van der Waals surface area (Å²) in [4.78, 5) is 23.6. The number of hydrogen-bond acceptors (Lipinski definition) is 5. The lowest BCUT2D eigenvalue weighted by atomic mass is 9.44. The summed E-state index contributed by atoms with van der Waals surface area (Å²) in [5, 5.41) is 0. The smallest absolute Gasteiger partial charge is 0.303 e. The number of carbonyl (C=O) groups excluding carboxylic acids is 2. The minimum absolute atomic E-state index is 0.00782. The molecule has 0 aromatic heterocycles. The molecule has 0 N–H and O–H groups in total. The Morgan fingerprint density at radius 1 is 0.971 bits per heavy atom. The van der Waals surface area contributed by atoms with Crippen LogP contribution in [0.15, 0.2) is 12.2 Å². The maximum Gasteiger partial charge on any atom is 0.303 e. The van der Waals surface area contributed by atoms with E-state index in [2.05, 4.69) is 20.8 Å². The van der Waals surface area contributed by atoms with Gasteiger partial charge in [0.05, 0.1) is 13.2 Å². The Bertz CT molecular complexity index is 935. The number of esters is 1. The van der Waals surface area contributed by atoms with E-state index in [0.717, 1.165) is 37.9 Å². The first-order chi connectivity index (χ1) is 16.6. The topological polar surface area (TPSA) is 61.8 Å². The summed E-state index contributed by atoms with van der Waals surface area (Å²) in [6.07, 6.45) is 13.1. The molecule has 0 aromatic rings. The van der Waals surface area contributed by atoms with Gasteiger partial charge in [0.1, 0.15) is 6.10 Å². The molecule has 0 unspecified atom stereocenters. The van der Waals surface area contributed by atoms with Crippen LogP contribution in [0.3, 0.4) is 0 Å². The van der Waals surface area contributed by atoms with E-state index in [0.29, 0.717) is 23.2 Å². The zero-order valence-electron chi connectivity index (χ0n) is 22.3. The minimum atomic E-state index is -0.351. The highest BCUT2D eigenvalue weighted by molar-refractivity contribution is 5.87. The van der Waals surface area contributed by atoms with Gasteiger partial charge >= 0.3 is 5.97 Å². The molecular formula is C30H44O5. The van der Waals surface area contributed by atoms with Crippen molar-refractivity contribution in [1.29, 1.82) is 0 Å². The maximum atomic E-state index is 11.9. The van der Waals surface area contributed by atoms with Crippen molar-refractivity contribution in [1.82, 2.24) is 0 Å². The van der Waals surface area contributed by atoms with Gasteiger partial charge in [-0.15, -0.1) is 0 Å². The van der Waals surface area contributed by atoms with Gasteiger partial charge in [-0.25, -0.2) is 0 Å². The summed E-state index contributed by atoms with van der Waals surface area (Å²) in [5.41, 5.74) is 0.806. The van der Waals surface area contributed by atoms with Gasteiger partial charge in [0.15, 0.2) is 11.6 Å². The fourth-order valence-electron chi connectivity index (χ4n) is 11.1. The van der Waals surface area contributed by atoms with Gasteiger partial charge in [-0.3, -0.25) is 9.59 Å². The molecule has 6 rings (SSSR count). The summed E-state index contributed by atoms with van der Waals surface area (Å²) in [6, 6.07) is 0. The van der Waals surface area contributed by atoms with Crippen molar-refractivity contribution >= 4 is 11.8 Å². The average molecular weight is 485 g/mol. The first-order valence-electron chi connectivity index (χ1n) is 14.2. The Labute approximate surface area is 210 Å². The van der Waals surface area contributed by atoms with Gasteiger partial charge in [-0.1, -0.05) is 20.8 Å². The molecule has 35 heavy (non-hydrogen) atoms. The molecule has 5 nitrogen and oxygen atoms in total. The van der Waals surface area contributed by atoms with Crippen LogP contribution in [0.4, 0.5) is 0 Å². The van der Waals surface area contributed by atoms with Gasteiger partial charge in [-0.05, 0) is 104 Å². The SMILES string of the molecule is CC(=O)/C=C/[C@H](OC(C)=O)[C@@H](C)[C@H]1CC[C@H]2[C@@H]3CC4(OCCO4)[C@]45C[C@H]4CC[C@]5(C)[C@H]3CC[C@]12C. The lowest BCUT2D eigenvalue weighted by molar-refractivity contribution is -0.294. The van der Waals surface area contributed by atoms with Crippen LogP contribution in [0.1, 0.15) is 86.0 Å². The highest BCUT2D eigenvalue weighted by Gasteiger charge is 2.83. The molecule has 0 bridgehead atoms. The Balaban J connectivity index is 1.30. The minimum Gasteiger partial charge on any atom is -0.458 e. The fourth-order valence-corrected chi connectivity index (χ4v) is 11.1. The van der Waals surface area contributed by atoms with Crippen molar-refractivity contribution < 1.29 is 23.8 Å². The van der Waals surface area contributed by atoms with E-state index < -0.39 is 0 Å². The molecule has 10 atom stereocenters. The summed E-state index contributed by atoms with van der Waals surface area (Å²) in [6.45, 7) is 11.9. The average Bonchev–Trinajstić information content (AvgIpc) is 3.05. The van der Waals surface area contributed by atoms with Crippen LogP contribution in [-0.2, 0) is 23.8 Å². The number of carbonyl (C=O) groups is 2. The molecule has 5 heteroatoms. The zero-order chi connectivity index (χ0) is 24.8. The molecule has 5 aliphatic carbocycles. The van der Waals surface area contributed by atoms with E-state index >= 15 is 0 Å². The van der Waals surface area contributed by atoms with Crippen LogP contribution in [-0.4, -0.2) is 36.9 Å². The summed E-state index contributed by atoms with van der Waals surface area (Å²) in [5.74, 6) is 2.87. The molecule has 0 amide bonds. The van der Waals surface area contributed by atoms with Gasteiger partial charge in [0.25, 0.3) is 0 Å². The predicted octanol–water partition coefficient (Wildman–Crippen LogP) is 5.71.